The van der Waals surface area contributed by atoms with Gasteiger partial charge in [0.15, 0.2) is 0 Å². The van der Waals surface area contributed by atoms with Crippen LogP contribution in [0.3, 0.4) is 0 Å². The van der Waals surface area contributed by atoms with Gasteiger partial charge in [0.05, 0.1) is 0 Å². The largest absolute Gasteiger partial charge is 0.396 e. The van der Waals surface area contributed by atoms with Crippen LogP contribution in [0.2, 0.25) is 0 Å². The van der Waals surface area contributed by atoms with E-state index in [-0.39, 0.29) is 18.4 Å². The average Bonchev–Trinajstić information content (AvgIpc) is 2.26. The number of rotatable bonds is 5. The molecule has 0 aromatic carbocycles. The van der Waals surface area contributed by atoms with Crippen molar-refractivity contribution < 1.29 is 9.90 Å². The highest BCUT2D eigenvalue weighted by Crippen LogP contribution is 2.19. The summed E-state index contributed by atoms with van der Waals surface area (Å²) < 4.78 is 0. The Morgan fingerprint density at radius 2 is 2.13 bits per heavy atom. The molecule has 0 aromatic heterocycles. The van der Waals surface area contributed by atoms with Crippen molar-refractivity contribution in [1.29, 1.82) is 0 Å². The van der Waals surface area contributed by atoms with Crippen LogP contribution in [0.1, 0.15) is 32.6 Å². The quantitative estimate of drug-likeness (QED) is 0.693. The lowest BCUT2D eigenvalue weighted by Gasteiger charge is -2.35. The van der Waals surface area contributed by atoms with Gasteiger partial charge in [-0.05, 0) is 45.7 Å². The molecule has 4 heteroatoms. The van der Waals surface area contributed by atoms with Gasteiger partial charge in [-0.15, -0.1) is 0 Å². The van der Waals surface area contributed by atoms with Crippen molar-refractivity contribution in [2.75, 3.05) is 19.7 Å². The summed E-state index contributed by atoms with van der Waals surface area (Å²) in [5.74, 6) is -0.0797. The molecule has 1 aliphatic heterocycles. The van der Waals surface area contributed by atoms with Crippen LogP contribution < -0.4 is 5.73 Å². The van der Waals surface area contributed by atoms with Gasteiger partial charge in [0.2, 0.25) is 5.91 Å². The van der Waals surface area contributed by atoms with Crippen LogP contribution in [0, 0.1) is 5.92 Å². The highest BCUT2D eigenvalue weighted by molar-refractivity contribution is 5.76. The maximum Gasteiger partial charge on any atom is 0.220 e. The van der Waals surface area contributed by atoms with E-state index >= 15 is 0 Å². The van der Waals surface area contributed by atoms with E-state index in [4.69, 9.17) is 10.8 Å². The van der Waals surface area contributed by atoms with Gasteiger partial charge in [0, 0.05) is 18.6 Å². The van der Waals surface area contributed by atoms with Crippen molar-refractivity contribution in [3.8, 4) is 0 Å². The number of nitrogens with zero attached hydrogens (tertiary/aromatic N) is 1. The average molecular weight is 214 g/mol. The number of hydrogen-bond donors (Lipinski definition) is 2. The van der Waals surface area contributed by atoms with Crippen molar-refractivity contribution in [3.63, 3.8) is 0 Å². The molecule has 1 rings (SSSR count). The third kappa shape index (κ3) is 3.80. The van der Waals surface area contributed by atoms with E-state index in [1.54, 1.807) is 0 Å². The zero-order chi connectivity index (χ0) is 11.3. The van der Waals surface area contributed by atoms with E-state index in [0.717, 1.165) is 38.8 Å². The third-order valence-corrected chi connectivity index (χ3v) is 3.34. The maximum absolute atomic E-state index is 11.0. The monoisotopic (exact) mass is 214 g/mol. The molecule has 0 unspecified atom stereocenters. The van der Waals surface area contributed by atoms with Gasteiger partial charge in [0.1, 0.15) is 0 Å². The Labute approximate surface area is 91.4 Å². The number of primary amides is 1. The molecule has 3 N–H and O–H groups in total. The van der Waals surface area contributed by atoms with Crippen LogP contribution in [-0.2, 0) is 4.79 Å². The maximum atomic E-state index is 11.0. The predicted octanol–water partition coefficient (Wildman–Crippen LogP) is 0.345. The molecule has 0 aliphatic carbocycles. The summed E-state index contributed by atoms with van der Waals surface area (Å²) in [4.78, 5) is 13.4. The Morgan fingerprint density at radius 1 is 1.53 bits per heavy atom. The minimum absolute atomic E-state index is 0.0753. The Balaban J connectivity index is 2.27. The van der Waals surface area contributed by atoms with Crippen LogP contribution in [-0.4, -0.2) is 41.7 Å². The van der Waals surface area contributed by atoms with Gasteiger partial charge in [0.25, 0.3) is 0 Å². The third-order valence-electron chi connectivity index (χ3n) is 3.34. The first kappa shape index (κ1) is 12.5. The number of nitrogens with two attached hydrogens (primary N) is 1. The zero-order valence-electron chi connectivity index (χ0n) is 9.48. The number of amides is 1. The standard InChI is InChI=1S/C11H22N2O2/c1-9(3-2-8-14)13-6-4-10(5-7-13)11(12)15/h9-10,14H,2-8H2,1H3,(H2,12,15)/t9-/m1/s1. The van der Waals surface area contributed by atoms with Gasteiger partial charge in [-0.2, -0.15) is 0 Å². The number of carbonyl (C=O) groups excluding carboxylic acids is 1. The molecule has 0 aromatic rings. The van der Waals surface area contributed by atoms with Gasteiger partial charge >= 0.3 is 0 Å². The molecule has 1 fully saturated rings. The first-order valence-electron chi connectivity index (χ1n) is 5.79. The molecule has 1 saturated heterocycles. The number of likely N-dealkylation sites (tertiary alicyclic amines) is 1. The van der Waals surface area contributed by atoms with Crippen LogP contribution in [0.4, 0.5) is 0 Å². The van der Waals surface area contributed by atoms with Crippen molar-refractivity contribution in [2.45, 2.75) is 38.6 Å². The van der Waals surface area contributed by atoms with Crippen molar-refractivity contribution >= 4 is 5.91 Å². The molecule has 0 saturated carbocycles. The smallest absolute Gasteiger partial charge is 0.220 e. The minimum Gasteiger partial charge on any atom is -0.396 e. The summed E-state index contributed by atoms with van der Waals surface area (Å²) in [5, 5.41) is 8.75. The molecule has 1 aliphatic rings. The molecule has 0 bridgehead atoms. The Morgan fingerprint density at radius 3 is 2.60 bits per heavy atom. The lowest BCUT2D eigenvalue weighted by molar-refractivity contribution is -0.123. The molecule has 15 heavy (non-hydrogen) atoms. The first-order chi connectivity index (χ1) is 7.15. The van der Waals surface area contributed by atoms with Crippen molar-refractivity contribution in [1.82, 2.24) is 4.90 Å². The lowest BCUT2D eigenvalue weighted by atomic mass is 9.95. The highest BCUT2D eigenvalue weighted by Gasteiger charge is 2.25. The second-order valence-electron chi connectivity index (χ2n) is 4.43. The number of hydrogen-bond acceptors (Lipinski definition) is 3. The summed E-state index contributed by atoms with van der Waals surface area (Å²) in [5.41, 5.74) is 5.28. The molecule has 88 valence electrons. The minimum atomic E-state index is -0.155. The normalized spacial score (nSPS) is 21.5. The number of aliphatic hydroxyl groups is 1. The summed E-state index contributed by atoms with van der Waals surface area (Å²) in [6.07, 6.45) is 3.66. The van der Waals surface area contributed by atoms with Crippen LogP contribution in [0.25, 0.3) is 0 Å². The van der Waals surface area contributed by atoms with Gasteiger partial charge in [-0.1, -0.05) is 0 Å². The Hall–Kier alpha value is -0.610. The fraction of sp³-hybridized carbons (Fsp3) is 0.909. The molecular formula is C11H22N2O2. The van der Waals surface area contributed by atoms with Crippen LogP contribution in [0.5, 0.6) is 0 Å². The second-order valence-corrected chi connectivity index (χ2v) is 4.43. The van der Waals surface area contributed by atoms with Gasteiger partial charge in [-0.3, -0.25) is 4.79 Å². The fourth-order valence-corrected chi connectivity index (χ4v) is 2.19. The van der Waals surface area contributed by atoms with E-state index in [0.29, 0.717) is 6.04 Å². The summed E-state index contributed by atoms with van der Waals surface area (Å²) in [6.45, 7) is 4.36. The summed E-state index contributed by atoms with van der Waals surface area (Å²) in [6, 6.07) is 0.506. The second kappa shape index (κ2) is 6.08. The van der Waals surface area contributed by atoms with E-state index in [1.165, 1.54) is 0 Å². The molecule has 1 heterocycles. The van der Waals surface area contributed by atoms with E-state index < -0.39 is 0 Å². The van der Waals surface area contributed by atoms with E-state index in [2.05, 4.69) is 11.8 Å². The Bertz CT molecular complexity index is 201. The number of aliphatic hydroxyl groups excluding tert-OH is 1. The highest BCUT2D eigenvalue weighted by atomic mass is 16.2. The Kier molecular flexibility index (Phi) is 5.05. The summed E-state index contributed by atoms with van der Waals surface area (Å²) in [7, 11) is 0. The molecule has 0 radical (unpaired) electrons. The molecule has 1 amide bonds. The molecular weight excluding hydrogens is 192 g/mol. The van der Waals surface area contributed by atoms with Crippen LogP contribution in [0.15, 0.2) is 0 Å². The lowest BCUT2D eigenvalue weighted by Crippen LogP contribution is -2.42. The molecule has 1 atom stereocenters. The van der Waals surface area contributed by atoms with E-state index in [9.17, 15) is 4.79 Å². The topological polar surface area (TPSA) is 66.6 Å². The van der Waals surface area contributed by atoms with E-state index in [1.807, 2.05) is 0 Å². The zero-order valence-corrected chi connectivity index (χ0v) is 9.48. The number of carbonyl (C=O) groups is 1. The van der Waals surface area contributed by atoms with Crippen molar-refractivity contribution in [3.05, 3.63) is 0 Å². The van der Waals surface area contributed by atoms with Crippen molar-refractivity contribution in [2.24, 2.45) is 11.7 Å². The number of piperidine rings is 1. The fourth-order valence-electron chi connectivity index (χ4n) is 2.19. The summed E-state index contributed by atoms with van der Waals surface area (Å²) >= 11 is 0. The van der Waals surface area contributed by atoms with Gasteiger partial charge in [-0.25, -0.2) is 0 Å². The first-order valence-corrected chi connectivity index (χ1v) is 5.79. The SMILES string of the molecule is C[C@H](CCCO)N1CCC(C(N)=O)CC1. The molecule has 4 nitrogen and oxygen atoms in total. The molecule has 0 spiro atoms. The van der Waals surface area contributed by atoms with Crippen LogP contribution >= 0.6 is 0 Å². The predicted molar refractivity (Wildman–Crippen MR) is 59.3 cm³/mol. The van der Waals surface area contributed by atoms with Gasteiger partial charge < -0.3 is 15.7 Å².